The van der Waals surface area contributed by atoms with Gasteiger partial charge >= 0.3 is 0 Å². The molecule has 1 rings (SSSR count). The van der Waals surface area contributed by atoms with Gasteiger partial charge in [-0.3, -0.25) is 0 Å². The van der Waals surface area contributed by atoms with E-state index in [-0.39, 0.29) is 4.75 Å². The van der Waals surface area contributed by atoms with Crippen molar-refractivity contribution < 1.29 is 4.74 Å². The highest BCUT2D eigenvalue weighted by Crippen LogP contribution is 2.29. The molecule has 0 amide bonds. The summed E-state index contributed by atoms with van der Waals surface area (Å²) in [6.07, 6.45) is 3.17. The summed E-state index contributed by atoms with van der Waals surface area (Å²) < 4.78 is 5.20. The molecule has 0 atom stereocenters. The Kier molecular flexibility index (Phi) is 5.92. The summed E-state index contributed by atoms with van der Waals surface area (Å²) in [5.74, 6) is 0. The molecule has 4 heteroatoms. The molecule has 1 aromatic rings. The molecule has 0 spiro atoms. The van der Waals surface area contributed by atoms with Gasteiger partial charge in [0.05, 0.1) is 5.69 Å². The van der Waals surface area contributed by atoms with Gasteiger partial charge in [0.2, 0.25) is 0 Å². The smallest absolute Gasteiger partial charge is 0.119 e. The average Bonchev–Trinajstić information content (AvgIpc) is 2.25. The third-order valence-electron chi connectivity index (χ3n) is 2.14. The predicted molar refractivity (Wildman–Crippen MR) is 72.5 cm³/mol. The van der Waals surface area contributed by atoms with Crippen LogP contribution in [0.15, 0.2) is 17.2 Å². The first-order valence-corrected chi connectivity index (χ1v) is 6.83. The van der Waals surface area contributed by atoms with E-state index in [9.17, 15) is 0 Å². The molecular formula is C13H22N2OS. The maximum Gasteiger partial charge on any atom is 0.119 e. The number of unbranched alkanes of at least 4 members (excludes halogenated alkanes) is 1. The molecule has 0 aliphatic carbocycles. The topological polar surface area (TPSA) is 35.0 Å². The van der Waals surface area contributed by atoms with Crippen molar-refractivity contribution in [3.8, 4) is 0 Å². The minimum atomic E-state index is 0.189. The molecule has 0 radical (unpaired) electrons. The number of aryl methyl sites for hydroxylation is 1. The number of hydrogen-bond acceptors (Lipinski definition) is 4. The van der Waals surface area contributed by atoms with E-state index in [1.54, 1.807) is 18.9 Å². The summed E-state index contributed by atoms with van der Waals surface area (Å²) >= 11 is 1.75. The summed E-state index contributed by atoms with van der Waals surface area (Å²) in [5.41, 5.74) is 1.07. The van der Waals surface area contributed by atoms with Crippen LogP contribution in [0, 0.1) is 0 Å². The van der Waals surface area contributed by atoms with Crippen molar-refractivity contribution >= 4 is 11.8 Å². The van der Waals surface area contributed by atoms with Crippen molar-refractivity contribution in [2.24, 2.45) is 0 Å². The van der Waals surface area contributed by atoms with E-state index in [0.29, 0.717) is 0 Å². The molecule has 0 fully saturated rings. The maximum absolute atomic E-state index is 5.01. The van der Waals surface area contributed by atoms with Crippen LogP contribution in [0.2, 0.25) is 0 Å². The Hall–Kier alpha value is -0.610. The van der Waals surface area contributed by atoms with Crippen LogP contribution < -0.4 is 0 Å². The van der Waals surface area contributed by atoms with Crippen molar-refractivity contribution in [1.82, 2.24) is 10.2 Å². The molecule has 0 unspecified atom stereocenters. The van der Waals surface area contributed by atoms with Crippen LogP contribution in [0.5, 0.6) is 0 Å². The highest BCUT2D eigenvalue weighted by Gasteiger charge is 2.13. The minimum Gasteiger partial charge on any atom is -0.385 e. The molecule has 0 N–H and O–H groups in total. The van der Waals surface area contributed by atoms with E-state index < -0.39 is 0 Å². The fraction of sp³-hybridized carbons (Fsp3) is 0.692. The first-order chi connectivity index (χ1) is 8.01. The van der Waals surface area contributed by atoms with Crippen LogP contribution in [-0.2, 0) is 11.2 Å². The summed E-state index contributed by atoms with van der Waals surface area (Å²) in [4.78, 5) is 0. The molecule has 0 aromatic carbocycles. The number of nitrogens with zero attached hydrogens (tertiary/aromatic N) is 2. The number of rotatable bonds is 6. The molecule has 1 heterocycles. The van der Waals surface area contributed by atoms with Gasteiger partial charge < -0.3 is 4.74 Å². The van der Waals surface area contributed by atoms with Crippen LogP contribution in [0.1, 0.15) is 39.3 Å². The van der Waals surface area contributed by atoms with Crippen LogP contribution >= 0.6 is 11.8 Å². The molecule has 0 aliphatic heterocycles. The Labute approximate surface area is 108 Å². The van der Waals surface area contributed by atoms with Crippen LogP contribution in [0.3, 0.4) is 0 Å². The van der Waals surface area contributed by atoms with Crippen LogP contribution in [0.25, 0.3) is 0 Å². The Morgan fingerprint density at radius 3 is 2.47 bits per heavy atom. The van der Waals surface area contributed by atoms with E-state index >= 15 is 0 Å². The Bertz CT molecular complexity index is 319. The lowest BCUT2D eigenvalue weighted by Gasteiger charge is -2.16. The summed E-state index contributed by atoms with van der Waals surface area (Å²) in [7, 11) is 1.73. The Morgan fingerprint density at radius 1 is 1.18 bits per heavy atom. The van der Waals surface area contributed by atoms with Crippen molar-refractivity contribution in [2.75, 3.05) is 13.7 Å². The molecule has 96 valence electrons. The zero-order valence-corrected chi connectivity index (χ0v) is 12.0. The molecular weight excluding hydrogens is 232 g/mol. The number of aromatic nitrogens is 2. The van der Waals surface area contributed by atoms with Gasteiger partial charge in [0.15, 0.2) is 0 Å². The molecule has 3 nitrogen and oxygen atoms in total. The van der Waals surface area contributed by atoms with Gasteiger partial charge in [0.25, 0.3) is 0 Å². The minimum absolute atomic E-state index is 0.189. The quantitative estimate of drug-likeness (QED) is 0.576. The van der Waals surface area contributed by atoms with Gasteiger partial charge in [-0.15, -0.1) is 5.10 Å². The third kappa shape index (κ3) is 6.64. The van der Waals surface area contributed by atoms with E-state index in [0.717, 1.165) is 36.6 Å². The maximum atomic E-state index is 5.01. The van der Waals surface area contributed by atoms with Gasteiger partial charge in [-0.25, -0.2) is 0 Å². The molecule has 0 saturated heterocycles. The normalized spacial score (nSPS) is 11.8. The Morgan fingerprint density at radius 2 is 1.94 bits per heavy atom. The summed E-state index contributed by atoms with van der Waals surface area (Å²) in [6, 6.07) is 4.14. The van der Waals surface area contributed by atoms with Crippen molar-refractivity contribution in [2.45, 2.75) is 49.8 Å². The predicted octanol–water partition coefficient (Wildman–Crippen LogP) is 3.34. The van der Waals surface area contributed by atoms with Gasteiger partial charge in [-0.05, 0) is 31.4 Å². The molecule has 0 saturated carbocycles. The van der Waals surface area contributed by atoms with Gasteiger partial charge in [0.1, 0.15) is 5.03 Å². The van der Waals surface area contributed by atoms with Crippen molar-refractivity contribution in [1.29, 1.82) is 0 Å². The highest BCUT2D eigenvalue weighted by molar-refractivity contribution is 8.00. The molecule has 0 aliphatic rings. The summed E-state index contributed by atoms with van der Waals surface area (Å²) in [5, 5.41) is 9.49. The molecule has 1 aromatic heterocycles. The first kappa shape index (κ1) is 14.5. The lowest BCUT2D eigenvalue weighted by atomic mass is 10.2. The standard InChI is InChI=1S/C13H22N2OS/c1-13(2,3)17-12-9-8-11(14-15-12)7-5-6-10-16-4/h8-9H,5-7,10H2,1-4H3. The van der Waals surface area contributed by atoms with Crippen molar-refractivity contribution in [3.63, 3.8) is 0 Å². The molecule has 17 heavy (non-hydrogen) atoms. The second-order valence-corrected chi connectivity index (χ2v) is 6.87. The average molecular weight is 254 g/mol. The van der Waals surface area contributed by atoms with E-state index in [4.69, 9.17) is 4.74 Å². The third-order valence-corrected chi connectivity index (χ3v) is 3.18. The lowest BCUT2D eigenvalue weighted by Crippen LogP contribution is -2.08. The van der Waals surface area contributed by atoms with E-state index in [2.05, 4.69) is 43.1 Å². The zero-order chi connectivity index (χ0) is 12.7. The first-order valence-electron chi connectivity index (χ1n) is 6.02. The Balaban J connectivity index is 2.39. The summed E-state index contributed by atoms with van der Waals surface area (Å²) in [6.45, 7) is 7.36. The van der Waals surface area contributed by atoms with Gasteiger partial charge in [-0.1, -0.05) is 32.5 Å². The fourth-order valence-electron chi connectivity index (χ4n) is 1.40. The number of ether oxygens (including phenoxy) is 1. The second-order valence-electron chi connectivity index (χ2n) is 5.03. The van der Waals surface area contributed by atoms with E-state index in [1.165, 1.54) is 0 Å². The number of methoxy groups -OCH3 is 1. The molecule has 0 bridgehead atoms. The zero-order valence-electron chi connectivity index (χ0n) is 11.2. The van der Waals surface area contributed by atoms with Gasteiger partial charge in [0, 0.05) is 18.5 Å². The van der Waals surface area contributed by atoms with E-state index in [1.807, 2.05) is 0 Å². The van der Waals surface area contributed by atoms with Crippen molar-refractivity contribution in [3.05, 3.63) is 17.8 Å². The van der Waals surface area contributed by atoms with Gasteiger partial charge in [-0.2, -0.15) is 5.10 Å². The number of hydrogen-bond donors (Lipinski definition) is 0. The fourth-order valence-corrected chi connectivity index (χ4v) is 2.25. The lowest BCUT2D eigenvalue weighted by molar-refractivity contribution is 0.193. The van der Waals surface area contributed by atoms with Crippen LogP contribution in [0.4, 0.5) is 0 Å². The number of thioether (sulfide) groups is 1. The SMILES string of the molecule is COCCCCc1ccc(SC(C)(C)C)nn1. The highest BCUT2D eigenvalue weighted by atomic mass is 32.2. The largest absolute Gasteiger partial charge is 0.385 e. The second kappa shape index (κ2) is 6.97. The monoisotopic (exact) mass is 254 g/mol. The van der Waals surface area contributed by atoms with Crippen LogP contribution in [-0.4, -0.2) is 28.7 Å².